The standard InChI is InChI=1S/C12H13BrN2/c1-3-14-10-6-7-15-12-9(10)5-4-8(2)11(12)13/h4-7H,3H2,1-2H3,(H,14,15). The molecule has 0 radical (unpaired) electrons. The zero-order chi connectivity index (χ0) is 10.8. The highest BCUT2D eigenvalue weighted by Crippen LogP contribution is 2.29. The van der Waals surface area contributed by atoms with E-state index in [1.165, 1.54) is 5.56 Å². The van der Waals surface area contributed by atoms with Crippen LogP contribution in [0.5, 0.6) is 0 Å². The van der Waals surface area contributed by atoms with Gasteiger partial charge in [-0.15, -0.1) is 0 Å². The van der Waals surface area contributed by atoms with Gasteiger partial charge in [-0.25, -0.2) is 0 Å². The number of fused-ring (bicyclic) bond motifs is 1. The van der Waals surface area contributed by atoms with Crippen LogP contribution in [0, 0.1) is 6.92 Å². The molecule has 0 saturated carbocycles. The molecule has 1 N–H and O–H groups in total. The van der Waals surface area contributed by atoms with Crippen LogP contribution >= 0.6 is 15.9 Å². The van der Waals surface area contributed by atoms with Crippen LogP contribution in [0.1, 0.15) is 12.5 Å². The van der Waals surface area contributed by atoms with Crippen molar-refractivity contribution in [3.63, 3.8) is 0 Å². The lowest BCUT2D eigenvalue weighted by Crippen LogP contribution is -1.98. The molecule has 0 unspecified atom stereocenters. The van der Waals surface area contributed by atoms with Crippen molar-refractivity contribution in [3.05, 3.63) is 34.4 Å². The summed E-state index contributed by atoms with van der Waals surface area (Å²) in [6.45, 7) is 5.09. The molecule has 2 aromatic rings. The van der Waals surface area contributed by atoms with Crippen molar-refractivity contribution in [3.8, 4) is 0 Å². The molecule has 0 saturated heterocycles. The summed E-state index contributed by atoms with van der Waals surface area (Å²) >= 11 is 3.58. The van der Waals surface area contributed by atoms with Gasteiger partial charge in [-0.3, -0.25) is 4.98 Å². The first kappa shape index (κ1) is 10.4. The Morgan fingerprint density at radius 1 is 1.33 bits per heavy atom. The predicted octanol–water partition coefficient (Wildman–Crippen LogP) is 3.74. The lowest BCUT2D eigenvalue weighted by Gasteiger charge is -2.09. The Morgan fingerprint density at radius 3 is 2.87 bits per heavy atom. The van der Waals surface area contributed by atoms with E-state index in [0.717, 1.165) is 27.6 Å². The van der Waals surface area contributed by atoms with Crippen LogP contribution in [0.4, 0.5) is 5.69 Å². The highest BCUT2D eigenvalue weighted by molar-refractivity contribution is 9.10. The second-order valence-corrected chi connectivity index (χ2v) is 4.27. The molecule has 3 heteroatoms. The molecular weight excluding hydrogens is 252 g/mol. The van der Waals surface area contributed by atoms with Crippen LogP contribution in [0.2, 0.25) is 0 Å². The molecule has 1 aromatic heterocycles. The van der Waals surface area contributed by atoms with Gasteiger partial charge >= 0.3 is 0 Å². The third-order valence-corrected chi connectivity index (χ3v) is 3.41. The Kier molecular flexibility index (Phi) is 2.91. The van der Waals surface area contributed by atoms with Gasteiger partial charge in [0.05, 0.1) is 5.52 Å². The second-order valence-electron chi connectivity index (χ2n) is 3.48. The third kappa shape index (κ3) is 1.84. The van der Waals surface area contributed by atoms with Gasteiger partial charge in [0.15, 0.2) is 0 Å². The number of benzene rings is 1. The molecule has 78 valence electrons. The van der Waals surface area contributed by atoms with Gasteiger partial charge in [-0.2, -0.15) is 0 Å². The van der Waals surface area contributed by atoms with Crippen LogP contribution in [0.15, 0.2) is 28.9 Å². The average molecular weight is 265 g/mol. The van der Waals surface area contributed by atoms with E-state index in [4.69, 9.17) is 0 Å². The van der Waals surface area contributed by atoms with Crippen molar-refractivity contribution >= 4 is 32.5 Å². The number of pyridine rings is 1. The quantitative estimate of drug-likeness (QED) is 0.894. The molecule has 0 amide bonds. The molecule has 2 nitrogen and oxygen atoms in total. The second kappa shape index (κ2) is 4.19. The summed E-state index contributed by atoms with van der Waals surface area (Å²) in [5.74, 6) is 0. The minimum Gasteiger partial charge on any atom is -0.385 e. The summed E-state index contributed by atoms with van der Waals surface area (Å²) < 4.78 is 1.08. The fraction of sp³-hybridized carbons (Fsp3) is 0.250. The number of nitrogens with zero attached hydrogens (tertiary/aromatic N) is 1. The Bertz CT molecular complexity index is 494. The van der Waals surface area contributed by atoms with Crippen molar-refractivity contribution in [2.24, 2.45) is 0 Å². The van der Waals surface area contributed by atoms with Crippen molar-refractivity contribution in [2.45, 2.75) is 13.8 Å². The minimum absolute atomic E-state index is 0.921. The molecule has 0 aliphatic carbocycles. The smallest absolute Gasteiger partial charge is 0.0867 e. The van der Waals surface area contributed by atoms with E-state index in [2.05, 4.69) is 52.2 Å². The van der Waals surface area contributed by atoms with Crippen LogP contribution < -0.4 is 5.32 Å². The van der Waals surface area contributed by atoms with Crippen molar-refractivity contribution in [1.29, 1.82) is 0 Å². The topological polar surface area (TPSA) is 24.9 Å². The first-order chi connectivity index (χ1) is 7.24. The minimum atomic E-state index is 0.921. The first-order valence-electron chi connectivity index (χ1n) is 5.01. The highest BCUT2D eigenvalue weighted by Gasteiger charge is 2.05. The van der Waals surface area contributed by atoms with E-state index < -0.39 is 0 Å². The van der Waals surface area contributed by atoms with Crippen LogP contribution in [0.3, 0.4) is 0 Å². The first-order valence-corrected chi connectivity index (χ1v) is 5.81. The molecule has 0 spiro atoms. The van der Waals surface area contributed by atoms with Gasteiger partial charge < -0.3 is 5.32 Å². The maximum atomic E-state index is 4.40. The Hall–Kier alpha value is -1.09. The van der Waals surface area contributed by atoms with Gasteiger partial charge in [0, 0.05) is 28.3 Å². The number of anilines is 1. The fourth-order valence-corrected chi connectivity index (χ4v) is 2.08. The van der Waals surface area contributed by atoms with Crippen LogP contribution in [0.25, 0.3) is 10.9 Å². The molecule has 0 fully saturated rings. The summed E-state index contributed by atoms with van der Waals surface area (Å²) in [4.78, 5) is 4.40. The van der Waals surface area contributed by atoms with E-state index in [1.54, 1.807) is 0 Å². The van der Waals surface area contributed by atoms with E-state index >= 15 is 0 Å². The van der Waals surface area contributed by atoms with Gasteiger partial charge in [-0.05, 0) is 41.4 Å². The van der Waals surface area contributed by atoms with Gasteiger partial charge in [-0.1, -0.05) is 12.1 Å². The summed E-state index contributed by atoms with van der Waals surface area (Å²) in [7, 11) is 0. The maximum Gasteiger partial charge on any atom is 0.0867 e. The zero-order valence-corrected chi connectivity index (χ0v) is 10.4. The number of halogens is 1. The molecule has 15 heavy (non-hydrogen) atoms. The lowest BCUT2D eigenvalue weighted by atomic mass is 10.1. The average Bonchev–Trinajstić information content (AvgIpc) is 2.25. The molecule has 0 atom stereocenters. The zero-order valence-electron chi connectivity index (χ0n) is 8.84. The van der Waals surface area contributed by atoms with Crippen molar-refractivity contribution < 1.29 is 0 Å². The Morgan fingerprint density at radius 2 is 2.13 bits per heavy atom. The maximum absolute atomic E-state index is 4.40. The van der Waals surface area contributed by atoms with E-state index in [9.17, 15) is 0 Å². The normalized spacial score (nSPS) is 10.6. The number of hydrogen-bond acceptors (Lipinski definition) is 2. The Labute approximate surface area is 97.8 Å². The van der Waals surface area contributed by atoms with E-state index in [1.807, 2.05) is 12.3 Å². The summed E-state index contributed by atoms with van der Waals surface area (Å²) in [5.41, 5.74) is 3.38. The van der Waals surface area contributed by atoms with Gasteiger partial charge in [0.2, 0.25) is 0 Å². The molecule has 1 heterocycles. The number of aryl methyl sites for hydroxylation is 1. The molecule has 0 aliphatic heterocycles. The van der Waals surface area contributed by atoms with Crippen molar-refractivity contribution in [1.82, 2.24) is 4.98 Å². The van der Waals surface area contributed by atoms with E-state index in [0.29, 0.717) is 0 Å². The predicted molar refractivity (Wildman–Crippen MR) is 68.3 cm³/mol. The molecule has 0 bridgehead atoms. The summed E-state index contributed by atoms with van der Waals surface area (Å²) in [6.07, 6.45) is 1.84. The van der Waals surface area contributed by atoms with Crippen LogP contribution in [-0.4, -0.2) is 11.5 Å². The summed E-state index contributed by atoms with van der Waals surface area (Å²) in [5, 5.41) is 4.50. The molecular formula is C12H13BrN2. The fourth-order valence-electron chi connectivity index (χ4n) is 1.63. The number of hydrogen-bond donors (Lipinski definition) is 1. The molecule has 2 rings (SSSR count). The SMILES string of the molecule is CCNc1ccnc2c(Br)c(C)ccc12. The van der Waals surface area contributed by atoms with Gasteiger partial charge in [0.25, 0.3) is 0 Å². The van der Waals surface area contributed by atoms with Crippen LogP contribution in [-0.2, 0) is 0 Å². The number of rotatable bonds is 2. The monoisotopic (exact) mass is 264 g/mol. The Balaban J connectivity index is 2.72. The largest absolute Gasteiger partial charge is 0.385 e. The highest BCUT2D eigenvalue weighted by atomic mass is 79.9. The van der Waals surface area contributed by atoms with E-state index in [-0.39, 0.29) is 0 Å². The van der Waals surface area contributed by atoms with Gasteiger partial charge in [0.1, 0.15) is 0 Å². The molecule has 0 aliphatic rings. The third-order valence-electron chi connectivity index (χ3n) is 2.41. The molecule has 1 aromatic carbocycles. The number of nitrogens with one attached hydrogen (secondary N) is 1. The summed E-state index contributed by atoms with van der Waals surface area (Å²) in [6, 6.07) is 6.23. The lowest BCUT2D eigenvalue weighted by molar-refractivity contribution is 1.21. The number of aromatic nitrogens is 1. The van der Waals surface area contributed by atoms with Crippen molar-refractivity contribution in [2.75, 3.05) is 11.9 Å².